The molecule has 0 aliphatic carbocycles. The lowest BCUT2D eigenvalue weighted by atomic mass is 10.1. The zero-order chi connectivity index (χ0) is 11.8. The molecule has 0 saturated carbocycles. The molecule has 0 unspecified atom stereocenters. The van der Waals surface area contributed by atoms with Gasteiger partial charge in [0.2, 0.25) is 0 Å². The van der Waals surface area contributed by atoms with Crippen LogP contribution in [0, 0.1) is 11.8 Å². The molecule has 0 heterocycles. The number of thioether (sulfide) groups is 1. The predicted octanol–water partition coefficient (Wildman–Crippen LogP) is 2.29. The van der Waals surface area contributed by atoms with E-state index in [4.69, 9.17) is 9.84 Å². The largest absolute Gasteiger partial charge is 0.496 e. The lowest BCUT2D eigenvalue weighted by molar-refractivity contribution is 0.350. The van der Waals surface area contributed by atoms with E-state index in [2.05, 4.69) is 18.8 Å². The van der Waals surface area contributed by atoms with E-state index in [1.807, 2.05) is 30.0 Å². The van der Waals surface area contributed by atoms with Crippen molar-refractivity contribution in [2.24, 2.45) is 0 Å². The summed E-state index contributed by atoms with van der Waals surface area (Å²) in [5.74, 6) is 8.44. The highest BCUT2D eigenvalue weighted by molar-refractivity contribution is 7.98. The minimum Gasteiger partial charge on any atom is -0.496 e. The van der Waals surface area contributed by atoms with Crippen LogP contribution < -0.4 is 4.74 Å². The lowest BCUT2D eigenvalue weighted by Gasteiger charge is -2.08. The molecule has 1 rings (SSSR count). The van der Waals surface area contributed by atoms with Crippen molar-refractivity contribution >= 4 is 11.8 Å². The van der Waals surface area contributed by atoms with E-state index < -0.39 is 0 Å². The monoisotopic (exact) mass is 236 g/mol. The minimum absolute atomic E-state index is 0.106. The molecule has 1 aromatic rings. The van der Waals surface area contributed by atoms with Crippen molar-refractivity contribution in [3.63, 3.8) is 0 Å². The SMILES string of the molecule is CCSCc1cc(C#CCO)ccc1OC. The highest BCUT2D eigenvalue weighted by atomic mass is 32.2. The van der Waals surface area contributed by atoms with Gasteiger partial charge in [-0.25, -0.2) is 0 Å². The molecule has 0 aromatic heterocycles. The van der Waals surface area contributed by atoms with E-state index in [9.17, 15) is 0 Å². The summed E-state index contributed by atoms with van der Waals surface area (Å²) in [6.07, 6.45) is 0. The van der Waals surface area contributed by atoms with Gasteiger partial charge < -0.3 is 9.84 Å². The van der Waals surface area contributed by atoms with E-state index in [-0.39, 0.29) is 6.61 Å². The summed E-state index contributed by atoms with van der Waals surface area (Å²) in [7, 11) is 1.68. The molecule has 2 nitrogen and oxygen atoms in total. The molecule has 1 N–H and O–H groups in total. The van der Waals surface area contributed by atoms with E-state index >= 15 is 0 Å². The van der Waals surface area contributed by atoms with Crippen molar-refractivity contribution in [1.29, 1.82) is 0 Å². The first-order valence-corrected chi connectivity index (χ1v) is 6.31. The van der Waals surface area contributed by atoms with Crippen LogP contribution in [0.15, 0.2) is 18.2 Å². The van der Waals surface area contributed by atoms with Crippen LogP contribution in [0.1, 0.15) is 18.1 Å². The lowest BCUT2D eigenvalue weighted by Crippen LogP contribution is -1.92. The van der Waals surface area contributed by atoms with Crippen molar-refractivity contribution < 1.29 is 9.84 Å². The number of aliphatic hydroxyl groups excluding tert-OH is 1. The van der Waals surface area contributed by atoms with Gasteiger partial charge in [-0.2, -0.15) is 11.8 Å². The normalized spacial score (nSPS) is 9.44. The number of hydrogen-bond donors (Lipinski definition) is 1. The Balaban J connectivity index is 2.91. The van der Waals surface area contributed by atoms with E-state index in [0.717, 1.165) is 28.4 Å². The number of benzene rings is 1. The molecule has 86 valence electrons. The summed E-state index contributed by atoms with van der Waals surface area (Å²) >= 11 is 1.85. The van der Waals surface area contributed by atoms with Gasteiger partial charge in [-0.3, -0.25) is 0 Å². The van der Waals surface area contributed by atoms with E-state index in [1.165, 1.54) is 0 Å². The van der Waals surface area contributed by atoms with Crippen molar-refractivity contribution in [2.75, 3.05) is 19.5 Å². The van der Waals surface area contributed by atoms with Crippen LogP contribution in [-0.2, 0) is 5.75 Å². The maximum absolute atomic E-state index is 8.64. The number of methoxy groups -OCH3 is 1. The Bertz CT molecular complexity index is 391. The Hall–Kier alpha value is -1.11. The second kappa shape index (κ2) is 7.21. The molecule has 0 aliphatic rings. The fourth-order valence-electron chi connectivity index (χ4n) is 1.32. The van der Waals surface area contributed by atoms with Crippen molar-refractivity contribution in [3.05, 3.63) is 29.3 Å². The van der Waals surface area contributed by atoms with Crippen molar-refractivity contribution in [1.82, 2.24) is 0 Å². The third-order valence-electron chi connectivity index (χ3n) is 2.05. The molecule has 0 atom stereocenters. The van der Waals surface area contributed by atoms with Gasteiger partial charge >= 0.3 is 0 Å². The van der Waals surface area contributed by atoms with Crippen LogP contribution >= 0.6 is 11.8 Å². The van der Waals surface area contributed by atoms with Crippen LogP contribution in [0.2, 0.25) is 0 Å². The third kappa shape index (κ3) is 3.80. The molecule has 0 spiro atoms. The molecule has 0 bridgehead atoms. The Morgan fingerprint density at radius 2 is 2.25 bits per heavy atom. The Kier molecular flexibility index (Phi) is 5.84. The second-order valence-corrected chi connectivity index (χ2v) is 4.40. The predicted molar refractivity (Wildman–Crippen MR) is 68.8 cm³/mol. The van der Waals surface area contributed by atoms with Crippen LogP contribution in [0.4, 0.5) is 0 Å². The number of aliphatic hydroxyl groups is 1. The average Bonchev–Trinajstić information content (AvgIpc) is 2.33. The first-order valence-electron chi connectivity index (χ1n) is 5.16. The van der Waals surface area contributed by atoms with Gasteiger partial charge in [-0.1, -0.05) is 18.8 Å². The molecule has 16 heavy (non-hydrogen) atoms. The summed E-state index contributed by atoms with van der Waals surface area (Å²) in [6, 6.07) is 5.85. The summed E-state index contributed by atoms with van der Waals surface area (Å²) in [6.45, 7) is 2.03. The summed E-state index contributed by atoms with van der Waals surface area (Å²) in [5.41, 5.74) is 2.07. The van der Waals surface area contributed by atoms with Gasteiger partial charge in [-0.05, 0) is 24.0 Å². The average molecular weight is 236 g/mol. The topological polar surface area (TPSA) is 29.5 Å². The second-order valence-electron chi connectivity index (χ2n) is 3.12. The van der Waals surface area contributed by atoms with Gasteiger partial charge in [0.1, 0.15) is 12.4 Å². The van der Waals surface area contributed by atoms with E-state index in [0.29, 0.717) is 0 Å². The zero-order valence-corrected chi connectivity index (χ0v) is 10.4. The molecule has 0 radical (unpaired) electrons. The third-order valence-corrected chi connectivity index (χ3v) is 2.98. The zero-order valence-electron chi connectivity index (χ0n) is 9.62. The van der Waals surface area contributed by atoms with Crippen LogP contribution in [-0.4, -0.2) is 24.6 Å². The van der Waals surface area contributed by atoms with Crippen LogP contribution in [0.5, 0.6) is 5.75 Å². The van der Waals surface area contributed by atoms with Gasteiger partial charge in [0, 0.05) is 16.9 Å². The van der Waals surface area contributed by atoms with Crippen LogP contribution in [0.25, 0.3) is 0 Å². The maximum atomic E-state index is 8.64. The van der Waals surface area contributed by atoms with Gasteiger partial charge in [-0.15, -0.1) is 0 Å². The van der Waals surface area contributed by atoms with E-state index in [1.54, 1.807) is 7.11 Å². The quantitative estimate of drug-likeness (QED) is 0.813. The first-order chi connectivity index (χ1) is 7.81. The fourth-order valence-corrected chi connectivity index (χ4v) is 1.97. The Morgan fingerprint density at radius 1 is 1.44 bits per heavy atom. The summed E-state index contributed by atoms with van der Waals surface area (Å²) < 4.78 is 5.29. The fraction of sp³-hybridized carbons (Fsp3) is 0.385. The highest BCUT2D eigenvalue weighted by Crippen LogP contribution is 2.24. The number of rotatable bonds is 4. The smallest absolute Gasteiger partial charge is 0.122 e. The molecule has 0 amide bonds. The Labute approximate surface area is 101 Å². The molecule has 0 saturated heterocycles. The molecule has 0 fully saturated rings. The molecule has 3 heteroatoms. The number of ether oxygens (including phenoxy) is 1. The van der Waals surface area contributed by atoms with Crippen LogP contribution in [0.3, 0.4) is 0 Å². The summed E-state index contributed by atoms with van der Waals surface area (Å²) in [5, 5.41) is 8.64. The van der Waals surface area contributed by atoms with Gasteiger partial charge in [0.25, 0.3) is 0 Å². The first kappa shape index (κ1) is 13.0. The Morgan fingerprint density at radius 3 is 2.88 bits per heavy atom. The standard InChI is InChI=1S/C13H16O2S/c1-3-16-10-12-9-11(5-4-8-14)6-7-13(12)15-2/h6-7,9,14H,3,8,10H2,1-2H3. The molecular formula is C13H16O2S. The highest BCUT2D eigenvalue weighted by Gasteiger charge is 2.03. The molecular weight excluding hydrogens is 220 g/mol. The minimum atomic E-state index is -0.106. The molecule has 1 aromatic carbocycles. The molecule has 0 aliphatic heterocycles. The van der Waals surface area contributed by atoms with Crippen molar-refractivity contribution in [2.45, 2.75) is 12.7 Å². The van der Waals surface area contributed by atoms with Crippen molar-refractivity contribution in [3.8, 4) is 17.6 Å². The van der Waals surface area contributed by atoms with Gasteiger partial charge in [0.15, 0.2) is 0 Å². The van der Waals surface area contributed by atoms with Gasteiger partial charge in [0.05, 0.1) is 7.11 Å². The summed E-state index contributed by atoms with van der Waals surface area (Å²) in [4.78, 5) is 0. The maximum Gasteiger partial charge on any atom is 0.122 e. The number of hydrogen-bond acceptors (Lipinski definition) is 3.